The normalized spacial score (nSPS) is 11.7. The second kappa shape index (κ2) is 7.63. The molecule has 2 rings (SSSR count). The second-order valence-electron chi connectivity index (χ2n) is 5.00. The number of amides is 1. The molecule has 126 valence electrons. The lowest BCUT2D eigenvalue weighted by Crippen LogP contribution is -2.43. The number of carbonyl (C=O) groups excluding carboxylic acids is 2. The van der Waals surface area contributed by atoms with Crippen LogP contribution in [0.3, 0.4) is 0 Å². The summed E-state index contributed by atoms with van der Waals surface area (Å²) in [5, 5.41) is 2.34. The Balaban J connectivity index is 2.17. The van der Waals surface area contributed by atoms with Crippen molar-refractivity contribution in [1.29, 1.82) is 0 Å². The summed E-state index contributed by atoms with van der Waals surface area (Å²) < 4.78 is 44.1. The Morgan fingerprint density at radius 3 is 2.25 bits per heavy atom. The van der Waals surface area contributed by atoms with Crippen molar-refractivity contribution in [3.63, 3.8) is 0 Å². The van der Waals surface area contributed by atoms with Gasteiger partial charge in [-0.1, -0.05) is 12.1 Å². The van der Waals surface area contributed by atoms with Gasteiger partial charge in [0.05, 0.1) is 12.7 Å². The highest BCUT2D eigenvalue weighted by atomic mass is 19.1. The van der Waals surface area contributed by atoms with Crippen molar-refractivity contribution in [3.8, 4) is 0 Å². The van der Waals surface area contributed by atoms with Crippen LogP contribution in [-0.4, -0.2) is 25.0 Å². The zero-order valence-corrected chi connectivity index (χ0v) is 12.7. The first-order valence-electron chi connectivity index (χ1n) is 6.99. The lowest BCUT2D eigenvalue weighted by atomic mass is 10.1. The Kier molecular flexibility index (Phi) is 5.57. The average Bonchev–Trinajstić information content (AvgIpc) is 2.55. The first kappa shape index (κ1) is 17.5. The van der Waals surface area contributed by atoms with Crippen LogP contribution in [0.1, 0.15) is 15.9 Å². The van der Waals surface area contributed by atoms with E-state index in [0.717, 1.165) is 19.2 Å². The fourth-order valence-electron chi connectivity index (χ4n) is 2.10. The minimum absolute atomic E-state index is 0.0293. The molecule has 4 nitrogen and oxygen atoms in total. The third-order valence-corrected chi connectivity index (χ3v) is 3.32. The van der Waals surface area contributed by atoms with Gasteiger partial charge in [0, 0.05) is 12.5 Å². The van der Waals surface area contributed by atoms with Crippen molar-refractivity contribution in [2.24, 2.45) is 0 Å². The van der Waals surface area contributed by atoms with Gasteiger partial charge in [0.25, 0.3) is 5.91 Å². The van der Waals surface area contributed by atoms with E-state index in [1.54, 1.807) is 0 Å². The van der Waals surface area contributed by atoms with Crippen molar-refractivity contribution >= 4 is 11.9 Å². The minimum Gasteiger partial charge on any atom is -0.467 e. The summed E-state index contributed by atoms with van der Waals surface area (Å²) in [4.78, 5) is 23.9. The van der Waals surface area contributed by atoms with E-state index in [-0.39, 0.29) is 6.42 Å². The third-order valence-electron chi connectivity index (χ3n) is 3.32. The molecule has 0 spiro atoms. The number of rotatable bonds is 5. The molecule has 0 aliphatic rings. The van der Waals surface area contributed by atoms with Gasteiger partial charge in [-0.25, -0.2) is 18.0 Å². The maximum absolute atomic E-state index is 13.6. The standard InChI is InChI=1S/C17H14F3NO3/c1-24-17(23)15(8-10-2-4-11(18)5-3-10)21-16(22)13-7-6-12(19)9-14(13)20/h2-7,9,15H,8H2,1H3,(H,21,22)/t15-/m0/s1. The van der Waals surface area contributed by atoms with E-state index >= 15 is 0 Å². The SMILES string of the molecule is COC(=O)[C@H](Cc1ccc(F)cc1)NC(=O)c1ccc(F)cc1F. The van der Waals surface area contributed by atoms with Crippen LogP contribution in [0.2, 0.25) is 0 Å². The Morgan fingerprint density at radius 1 is 1.04 bits per heavy atom. The largest absolute Gasteiger partial charge is 0.467 e. The van der Waals surface area contributed by atoms with E-state index < -0.39 is 40.9 Å². The Hall–Kier alpha value is -2.83. The maximum Gasteiger partial charge on any atom is 0.328 e. The molecule has 0 aromatic heterocycles. The number of hydrogen-bond donors (Lipinski definition) is 1. The van der Waals surface area contributed by atoms with E-state index in [2.05, 4.69) is 10.1 Å². The molecule has 1 amide bonds. The van der Waals surface area contributed by atoms with Gasteiger partial charge in [-0.2, -0.15) is 0 Å². The van der Waals surface area contributed by atoms with E-state index in [1.807, 2.05) is 0 Å². The predicted octanol–water partition coefficient (Wildman–Crippen LogP) is 2.62. The first-order valence-corrected chi connectivity index (χ1v) is 6.99. The van der Waals surface area contributed by atoms with Gasteiger partial charge in [0.1, 0.15) is 23.5 Å². The van der Waals surface area contributed by atoms with Crippen molar-refractivity contribution in [3.05, 3.63) is 71.0 Å². The molecule has 7 heteroatoms. The van der Waals surface area contributed by atoms with Crippen molar-refractivity contribution in [2.45, 2.75) is 12.5 Å². The van der Waals surface area contributed by atoms with Gasteiger partial charge in [-0.3, -0.25) is 4.79 Å². The molecule has 2 aromatic carbocycles. The van der Waals surface area contributed by atoms with Crippen LogP contribution in [0.15, 0.2) is 42.5 Å². The van der Waals surface area contributed by atoms with Crippen molar-refractivity contribution in [1.82, 2.24) is 5.32 Å². The second-order valence-corrected chi connectivity index (χ2v) is 5.00. The number of hydrogen-bond acceptors (Lipinski definition) is 3. The van der Waals surface area contributed by atoms with Crippen LogP contribution in [0, 0.1) is 17.5 Å². The van der Waals surface area contributed by atoms with Crippen LogP contribution in [0.5, 0.6) is 0 Å². The zero-order chi connectivity index (χ0) is 17.7. The molecule has 0 saturated heterocycles. The Labute approximate surface area is 136 Å². The minimum atomic E-state index is -1.10. The van der Waals surface area contributed by atoms with Crippen LogP contribution in [-0.2, 0) is 16.0 Å². The quantitative estimate of drug-likeness (QED) is 0.854. The van der Waals surface area contributed by atoms with Crippen molar-refractivity contribution in [2.75, 3.05) is 7.11 Å². The van der Waals surface area contributed by atoms with Gasteiger partial charge in [0.15, 0.2) is 0 Å². The summed E-state index contributed by atoms with van der Waals surface area (Å²) in [5.41, 5.74) is 0.177. The molecule has 0 unspecified atom stereocenters. The van der Waals surface area contributed by atoms with Gasteiger partial charge in [-0.15, -0.1) is 0 Å². The monoisotopic (exact) mass is 337 g/mol. The van der Waals surface area contributed by atoms with Crippen molar-refractivity contribution < 1.29 is 27.5 Å². The summed E-state index contributed by atoms with van der Waals surface area (Å²) in [7, 11) is 1.14. The Bertz CT molecular complexity index is 747. The maximum atomic E-state index is 13.6. The van der Waals surface area contributed by atoms with Gasteiger partial charge in [-0.05, 0) is 29.8 Å². The molecule has 0 radical (unpaired) electrons. The zero-order valence-electron chi connectivity index (χ0n) is 12.7. The van der Waals surface area contributed by atoms with Crippen LogP contribution in [0.4, 0.5) is 13.2 Å². The first-order chi connectivity index (χ1) is 11.4. The highest BCUT2D eigenvalue weighted by Crippen LogP contribution is 2.11. The van der Waals surface area contributed by atoms with Gasteiger partial charge >= 0.3 is 5.97 Å². The molecule has 0 aliphatic heterocycles. The molecule has 0 saturated carbocycles. The van der Waals surface area contributed by atoms with Gasteiger partial charge < -0.3 is 10.1 Å². The van der Waals surface area contributed by atoms with Gasteiger partial charge in [0.2, 0.25) is 0 Å². The number of nitrogens with one attached hydrogen (secondary N) is 1. The Morgan fingerprint density at radius 2 is 1.67 bits per heavy atom. The summed E-state index contributed by atoms with van der Waals surface area (Å²) in [5.74, 6) is -3.93. The van der Waals surface area contributed by atoms with E-state index in [4.69, 9.17) is 0 Å². The van der Waals surface area contributed by atoms with Crippen LogP contribution in [0.25, 0.3) is 0 Å². The molecule has 24 heavy (non-hydrogen) atoms. The molecule has 0 aliphatic carbocycles. The number of ether oxygens (including phenoxy) is 1. The molecular weight excluding hydrogens is 323 g/mol. The van der Waals surface area contributed by atoms with E-state index in [9.17, 15) is 22.8 Å². The lowest BCUT2D eigenvalue weighted by molar-refractivity contribution is -0.142. The van der Waals surface area contributed by atoms with Crippen LogP contribution >= 0.6 is 0 Å². The highest BCUT2D eigenvalue weighted by molar-refractivity contribution is 5.97. The fraction of sp³-hybridized carbons (Fsp3) is 0.176. The highest BCUT2D eigenvalue weighted by Gasteiger charge is 2.24. The lowest BCUT2D eigenvalue weighted by Gasteiger charge is -2.17. The number of carbonyl (C=O) groups is 2. The topological polar surface area (TPSA) is 55.4 Å². The molecule has 1 N–H and O–H groups in total. The molecule has 1 atom stereocenters. The number of halogens is 3. The number of methoxy groups -OCH3 is 1. The molecular formula is C17H14F3NO3. The molecule has 0 fully saturated rings. The summed E-state index contributed by atoms with van der Waals surface area (Å²) in [6, 6.07) is 6.72. The number of benzene rings is 2. The molecule has 0 bridgehead atoms. The summed E-state index contributed by atoms with van der Waals surface area (Å²) in [6.45, 7) is 0. The summed E-state index contributed by atoms with van der Waals surface area (Å²) in [6.07, 6.45) is 0.0293. The predicted molar refractivity (Wildman–Crippen MR) is 79.7 cm³/mol. The van der Waals surface area contributed by atoms with Crippen LogP contribution < -0.4 is 5.32 Å². The smallest absolute Gasteiger partial charge is 0.328 e. The summed E-state index contributed by atoms with van der Waals surface area (Å²) >= 11 is 0. The fourth-order valence-corrected chi connectivity index (χ4v) is 2.10. The third kappa shape index (κ3) is 4.34. The van der Waals surface area contributed by atoms with E-state index in [0.29, 0.717) is 11.6 Å². The molecule has 0 heterocycles. The molecule has 2 aromatic rings. The average molecular weight is 337 g/mol. The van der Waals surface area contributed by atoms with E-state index in [1.165, 1.54) is 24.3 Å². The number of esters is 1.